The van der Waals surface area contributed by atoms with Crippen LogP contribution in [0.2, 0.25) is 0 Å². The molecule has 30 heavy (non-hydrogen) atoms. The van der Waals surface area contributed by atoms with Gasteiger partial charge in [-0.1, -0.05) is 55.4 Å². The average Bonchev–Trinajstić information content (AvgIpc) is 2.61. The zero-order valence-corrected chi connectivity index (χ0v) is 20.2. The molecule has 0 radical (unpaired) electrons. The molecule has 0 rings (SSSR count). The van der Waals surface area contributed by atoms with E-state index in [1.165, 1.54) is 0 Å². The molecule has 9 nitrogen and oxygen atoms in total. The molecule has 0 aliphatic rings. The van der Waals surface area contributed by atoms with Gasteiger partial charge in [0.15, 0.2) is 5.31 Å². The Kier molecular flexibility index (Phi) is 14.1. The van der Waals surface area contributed by atoms with Crippen LogP contribution in [0, 0.1) is 23.7 Å². The third kappa shape index (κ3) is 13.1. The van der Waals surface area contributed by atoms with Gasteiger partial charge in [0.25, 0.3) is 0 Å². The summed E-state index contributed by atoms with van der Waals surface area (Å²) in [6, 6.07) is 0. The van der Waals surface area contributed by atoms with Crippen LogP contribution in [-0.2, 0) is 42.8 Å². The van der Waals surface area contributed by atoms with Gasteiger partial charge in [-0.05, 0) is 23.7 Å². The maximum Gasteiger partial charge on any atom is 0.422 e. The van der Waals surface area contributed by atoms with Crippen molar-refractivity contribution >= 4 is 19.5 Å². The molecule has 0 heterocycles. The van der Waals surface area contributed by atoms with Gasteiger partial charge >= 0.3 is 19.5 Å². The zero-order valence-electron chi connectivity index (χ0n) is 19.3. The topological polar surface area (TPSA) is 107 Å². The van der Waals surface area contributed by atoms with Crippen LogP contribution in [0.5, 0.6) is 0 Å². The van der Waals surface area contributed by atoms with E-state index in [-0.39, 0.29) is 50.1 Å². The second kappa shape index (κ2) is 14.7. The molecule has 0 amide bonds. The first-order chi connectivity index (χ1) is 13.9. The fourth-order valence-electron chi connectivity index (χ4n) is 1.53. The van der Waals surface area contributed by atoms with E-state index in [1.54, 1.807) is 0 Å². The van der Waals surface area contributed by atoms with Crippen LogP contribution in [0.1, 0.15) is 55.4 Å². The number of hydrogen-bond donors (Lipinski definition) is 0. The predicted octanol–water partition coefficient (Wildman–Crippen LogP) is 4.67. The molecule has 0 saturated carbocycles. The SMILES string of the molecule is CC(C)COOP(=O)(OOCC(C)C)/C(=C/C(=O)OCC(C)C)C(=O)OCC(C)C. The van der Waals surface area contributed by atoms with Crippen molar-refractivity contribution < 1.29 is 42.8 Å². The van der Waals surface area contributed by atoms with Crippen LogP contribution >= 0.6 is 7.60 Å². The van der Waals surface area contributed by atoms with Crippen molar-refractivity contribution in [2.45, 2.75) is 55.4 Å². The number of rotatable bonds is 15. The Hall–Kier alpha value is -1.25. The molecule has 0 atom stereocenters. The summed E-state index contributed by atoms with van der Waals surface area (Å²) in [5.74, 6) is -1.76. The van der Waals surface area contributed by atoms with Crippen LogP contribution in [0.25, 0.3) is 0 Å². The maximum atomic E-state index is 13.4. The minimum Gasteiger partial charge on any atom is -0.462 e. The van der Waals surface area contributed by atoms with Gasteiger partial charge in [0.2, 0.25) is 0 Å². The Morgan fingerprint density at radius 1 is 0.700 bits per heavy atom. The molecule has 0 bridgehead atoms. The zero-order chi connectivity index (χ0) is 23.3. The van der Waals surface area contributed by atoms with Gasteiger partial charge in [-0.25, -0.2) is 23.9 Å². The van der Waals surface area contributed by atoms with E-state index in [9.17, 15) is 14.2 Å². The lowest BCUT2D eigenvalue weighted by atomic mass is 10.2. The first-order valence-corrected chi connectivity index (χ1v) is 11.7. The standard InChI is InChI=1S/C20H37O9P/c1-14(2)10-24-19(21)9-18(20(22)25-11-15(3)4)30(23,28-26-12-16(5)6)29-27-13-17(7)8/h9,14-17H,10-13H2,1-8H3/b18-9+. The monoisotopic (exact) mass is 452 g/mol. The van der Waals surface area contributed by atoms with Crippen LogP contribution in [0.4, 0.5) is 0 Å². The normalized spacial score (nSPS) is 12.9. The molecule has 0 aromatic rings. The Bertz CT molecular complexity index is 579. The average molecular weight is 452 g/mol. The summed E-state index contributed by atoms with van der Waals surface area (Å²) >= 11 is 0. The van der Waals surface area contributed by atoms with Crippen molar-refractivity contribution in [2.75, 3.05) is 26.4 Å². The number of ether oxygens (including phenoxy) is 2. The van der Waals surface area contributed by atoms with E-state index in [0.29, 0.717) is 0 Å². The highest BCUT2D eigenvalue weighted by Gasteiger charge is 2.41. The van der Waals surface area contributed by atoms with Crippen molar-refractivity contribution in [1.82, 2.24) is 0 Å². The minimum absolute atomic E-state index is 0.0127. The van der Waals surface area contributed by atoms with Crippen molar-refractivity contribution in [2.24, 2.45) is 23.7 Å². The van der Waals surface area contributed by atoms with Crippen LogP contribution < -0.4 is 0 Å². The van der Waals surface area contributed by atoms with Crippen molar-refractivity contribution in [3.8, 4) is 0 Å². The summed E-state index contributed by atoms with van der Waals surface area (Å²) in [5, 5.41) is -0.663. The Labute approximate surface area is 179 Å². The first-order valence-electron chi connectivity index (χ1n) is 10.2. The van der Waals surface area contributed by atoms with Crippen molar-refractivity contribution in [1.29, 1.82) is 0 Å². The summed E-state index contributed by atoms with van der Waals surface area (Å²) in [6.07, 6.45) is 0.739. The third-order valence-corrected chi connectivity index (χ3v) is 4.47. The molecule has 0 aliphatic heterocycles. The molecule has 0 aliphatic carbocycles. The molecule has 0 saturated heterocycles. The molecular weight excluding hydrogens is 415 g/mol. The summed E-state index contributed by atoms with van der Waals surface area (Å²) in [5.41, 5.74) is 0. The van der Waals surface area contributed by atoms with Crippen LogP contribution in [0.3, 0.4) is 0 Å². The van der Waals surface area contributed by atoms with Gasteiger partial charge < -0.3 is 9.47 Å². The molecule has 0 unspecified atom stereocenters. The van der Waals surface area contributed by atoms with E-state index < -0.39 is 24.8 Å². The molecule has 0 fully saturated rings. The lowest BCUT2D eigenvalue weighted by Gasteiger charge is -2.19. The Morgan fingerprint density at radius 3 is 1.50 bits per heavy atom. The third-order valence-electron chi connectivity index (χ3n) is 2.97. The maximum absolute atomic E-state index is 13.4. The van der Waals surface area contributed by atoms with Gasteiger partial charge in [-0.3, -0.25) is 0 Å². The van der Waals surface area contributed by atoms with Crippen LogP contribution in [-0.4, -0.2) is 38.4 Å². The molecule has 0 N–H and O–H groups in total. The number of carbonyl (C=O) groups is 2. The quantitative estimate of drug-likeness (QED) is 0.115. The highest BCUT2D eigenvalue weighted by atomic mass is 31.2. The van der Waals surface area contributed by atoms with E-state index in [1.807, 2.05) is 55.4 Å². The Balaban J connectivity index is 5.78. The lowest BCUT2D eigenvalue weighted by molar-refractivity contribution is -0.271. The van der Waals surface area contributed by atoms with Gasteiger partial charge in [-0.2, -0.15) is 0 Å². The second-order valence-electron chi connectivity index (χ2n) is 8.55. The Morgan fingerprint density at radius 2 is 1.10 bits per heavy atom. The smallest absolute Gasteiger partial charge is 0.422 e. The van der Waals surface area contributed by atoms with Gasteiger partial charge in [0.05, 0.1) is 26.4 Å². The number of esters is 2. The molecule has 0 aromatic heterocycles. The summed E-state index contributed by atoms with van der Waals surface area (Å²) in [6.45, 7) is 15.1. The van der Waals surface area contributed by atoms with Gasteiger partial charge in [0, 0.05) is 6.08 Å². The van der Waals surface area contributed by atoms with Gasteiger partial charge in [0.1, 0.15) is 0 Å². The first kappa shape index (κ1) is 28.8. The molecule has 0 aromatic carbocycles. The number of hydrogen-bond acceptors (Lipinski definition) is 9. The largest absolute Gasteiger partial charge is 0.462 e. The van der Waals surface area contributed by atoms with E-state index in [0.717, 1.165) is 6.08 Å². The van der Waals surface area contributed by atoms with E-state index in [4.69, 9.17) is 28.6 Å². The predicted molar refractivity (Wildman–Crippen MR) is 111 cm³/mol. The molecule has 10 heteroatoms. The summed E-state index contributed by atoms with van der Waals surface area (Å²) < 4.78 is 33.5. The molecule has 176 valence electrons. The fourth-order valence-corrected chi connectivity index (χ4v) is 2.67. The van der Waals surface area contributed by atoms with Crippen molar-refractivity contribution in [3.05, 3.63) is 11.4 Å². The lowest BCUT2D eigenvalue weighted by Crippen LogP contribution is -2.18. The van der Waals surface area contributed by atoms with E-state index in [2.05, 4.69) is 0 Å². The van der Waals surface area contributed by atoms with Crippen molar-refractivity contribution in [3.63, 3.8) is 0 Å². The number of carbonyl (C=O) groups excluding carboxylic acids is 2. The minimum atomic E-state index is -4.52. The second-order valence-corrected chi connectivity index (χ2v) is 10.3. The van der Waals surface area contributed by atoms with E-state index >= 15 is 0 Å². The van der Waals surface area contributed by atoms with Crippen LogP contribution in [0.15, 0.2) is 11.4 Å². The highest BCUT2D eigenvalue weighted by molar-refractivity contribution is 7.59. The molecule has 0 spiro atoms. The molecular formula is C20H37O9P. The highest BCUT2D eigenvalue weighted by Crippen LogP contribution is 2.57. The summed E-state index contributed by atoms with van der Waals surface area (Å²) in [4.78, 5) is 34.8. The summed E-state index contributed by atoms with van der Waals surface area (Å²) in [7, 11) is -4.52. The van der Waals surface area contributed by atoms with Gasteiger partial charge in [-0.15, -0.1) is 9.35 Å². The fraction of sp³-hybridized carbons (Fsp3) is 0.800.